The molecule has 1 aromatic heterocycles. The number of rotatable bonds is 4. The Morgan fingerprint density at radius 3 is 2.64 bits per heavy atom. The molecule has 4 nitrogen and oxygen atoms in total. The third-order valence-electron chi connectivity index (χ3n) is 4.00. The topological polar surface area (TPSA) is 62.2 Å². The van der Waals surface area contributed by atoms with E-state index in [1.165, 1.54) is 0 Å². The minimum absolute atomic E-state index is 0.0266. The molecule has 1 heterocycles. The fourth-order valence-corrected chi connectivity index (χ4v) is 3.24. The zero-order valence-corrected chi connectivity index (χ0v) is 15.0. The Bertz CT molecular complexity index is 944. The number of fused-ring (bicyclic) bond motifs is 1. The van der Waals surface area contributed by atoms with E-state index < -0.39 is 6.04 Å². The van der Waals surface area contributed by atoms with Crippen molar-refractivity contribution in [1.82, 2.24) is 10.3 Å². The van der Waals surface area contributed by atoms with Gasteiger partial charge in [-0.3, -0.25) is 9.78 Å². The van der Waals surface area contributed by atoms with Crippen LogP contribution in [0.4, 0.5) is 0 Å². The smallest absolute Gasteiger partial charge is 0.220 e. The molecule has 1 amide bonds. The van der Waals surface area contributed by atoms with Crippen LogP contribution in [-0.4, -0.2) is 16.0 Å². The van der Waals surface area contributed by atoms with E-state index in [1.807, 2.05) is 6.07 Å². The van der Waals surface area contributed by atoms with Crippen molar-refractivity contribution in [3.63, 3.8) is 0 Å². The zero-order chi connectivity index (χ0) is 18.0. The van der Waals surface area contributed by atoms with Crippen molar-refractivity contribution in [2.45, 2.75) is 19.4 Å². The van der Waals surface area contributed by atoms with Crippen molar-refractivity contribution in [3.05, 3.63) is 69.8 Å². The summed E-state index contributed by atoms with van der Waals surface area (Å²) < 4.78 is 0. The van der Waals surface area contributed by atoms with Gasteiger partial charge in [0, 0.05) is 28.6 Å². The largest absolute Gasteiger partial charge is 0.505 e. The first-order chi connectivity index (χ1) is 12.0. The lowest BCUT2D eigenvalue weighted by Gasteiger charge is -2.22. The number of halogens is 2. The van der Waals surface area contributed by atoms with Crippen molar-refractivity contribution >= 4 is 40.0 Å². The van der Waals surface area contributed by atoms with Gasteiger partial charge in [0.15, 0.2) is 0 Å². The molecule has 0 radical (unpaired) electrons. The minimum Gasteiger partial charge on any atom is -0.505 e. The van der Waals surface area contributed by atoms with Crippen LogP contribution in [-0.2, 0) is 4.79 Å². The van der Waals surface area contributed by atoms with Crippen molar-refractivity contribution in [3.8, 4) is 5.75 Å². The van der Waals surface area contributed by atoms with Crippen LogP contribution < -0.4 is 5.32 Å². The monoisotopic (exact) mass is 374 g/mol. The molecule has 25 heavy (non-hydrogen) atoms. The molecular formula is C19H16Cl2N2O2. The molecule has 0 spiro atoms. The second-order valence-electron chi connectivity index (χ2n) is 5.57. The highest BCUT2D eigenvalue weighted by atomic mass is 35.5. The number of amides is 1. The van der Waals surface area contributed by atoms with Crippen LogP contribution in [0.25, 0.3) is 10.9 Å². The molecule has 0 aliphatic carbocycles. The number of benzene rings is 2. The van der Waals surface area contributed by atoms with E-state index in [1.54, 1.807) is 49.5 Å². The van der Waals surface area contributed by atoms with Gasteiger partial charge in [0.2, 0.25) is 5.91 Å². The number of hydrogen-bond acceptors (Lipinski definition) is 3. The summed E-state index contributed by atoms with van der Waals surface area (Å²) in [5.74, 6) is -0.192. The molecule has 6 heteroatoms. The van der Waals surface area contributed by atoms with Crippen LogP contribution >= 0.6 is 23.2 Å². The Morgan fingerprint density at radius 2 is 1.92 bits per heavy atom. The van der Waals surface area contributed by atoms with E-state index in [-0.39, 0.29) is 11.7 Å². The van der Waals surface area contributed by atoms with Gasteiger partial charge in [0.1, 0.15) is 11.3 Å². The molecule has 3 rings (SSSR count). The quantitative estimate of drug-likeness (QED) is 0.684. The second-order valence-corrected chi connectivity index (χ2v) is 6.39. The summed E-state index contributed by atoms with van der Waals surface area (Å²) in [5, 5.41) is 15.2. The van der Waals surface area contributed by atoms with Gasteiger partial charge >= 0.3 is 0 Å². The SMILES string of the molecule is CCC(=O)N[C@H](c1ccccc1Cl)c1cc(Cl)c2cccnc2c1O. The Hall–Kier alpha value is -2.30. The first-order valence-corrected chi connectivity index (χ1v) is 8.58. The van der Waals surface area contributed by atoms with E-state index in [4.69, 9.17) is 23.2 Å². The predicted octanol–water partition coefficient (Wildman–Crippen LogP) is 4.86. The minimum atomic E-state index is -0.634. The number of carbonyl (C=O) groups excluding carboxylic acids is 1. The van der Waals surface area contributed by atoms with E-state index in [2.05, 4.69) is 10.3 Å². The molecule has 3 aromatic rings. The number of nitrogens with zero attached hydrogens (tertiary/aromatic N) is 1. The molecule has 0 bridgehead atoms. The number of hydrogen-bond donors (Lipinski definition) is 2. The second kappa shape index (κ2) is 7.30. The average Bonchev–Trinajstić information content (AvgIpc) is 2.63. The fraction of sp³-hybridized carbons (Fsp3) is 0.158. The summed E-state index contributed by atoms with van der Waals surface area (Å²) in [5.41, 5.74) is 1.51. The normalized spacial score (nSPS) is 12.1. The van der Waals surface area contributed by atoms with E-state index in [0.29, 0.717) is 38.5 Å². The van der Waals surface area contributed by atoms with Gasteiger partial charge in [-0.2, -0.15) is 0 Å². The number of nitrogens with one attached hydrogen (secondary N) is 1. The Balaban J connectivity index is 2.23. The summed E-state index contributed by atoms with van der Waals surface area (Å²) in [6, 6.07) is 11.7. The number of phenols is 1. The lowest BCUT2D eigenvalue weighted by Crippen LogP contribution is -2.29. The molecular weight excluding hydrogens is 359 g/mol. The fourth-order valence-electron chi connectivity index (χ4n) is 2.72. The molecule has 0 aliphatic rings. The van der Waals surface area contributed by atoms with E-state index in [0.717, 1.165) is 0 Å². The molecule has 2 N–H and O–H groups in total. The van der Waals surface area contributed by atoms with Crippen molar-refractivity contribution in [2.75, 3.05) is 0 Å². The first-order valence-electron chi connectivity index (χ1n) is 7.82. The third kappa shape index (κ3) is 3.41. The summed E-state index contributed by atoms with van der Waals surface area (Å²) in [6.45, 7) is 1.76. The van der Waals surface area contributed by atoms with Crippen LogP contribution in [0, 0.1) is 0 Å². The molecule has 1 atom stereocenters. The number of phenolic OH excluding ortho intramolecular Hbond substituents is 1. The first kappa shape index (κ1) is 17.5. The van der Waals surface area contributed by atoms with Crippen molar-refractivity contribution in [1.29, 1.82) is 0 Å². The van der Waals surface area contributed by atoms with Gasteiger partial charge in [-0.05, 0) is 29.8 Å². The molecule has 0 saturated heterocycles. The number of pyridine rings is 1. The Morgan fingerprint density at radius 1 is 1.16 bits per heavy atom. The predicted molar refractivity (Wildman–Crippen MR) is 100 cm³/mol. The van der Waals surface area contributed by atoms with Crippen molar-refractivity contribution in [2.24, 2.45) is 0 Å². The third-order valence-corrected chi connectivity index (χ3v) is 4.66. The van der Waals surface area contributed by atoms with Gasteiger partial charge in [-0.25, -0.2) is 0 Å². The highest BCUT2D eigenvalue weighted by Crippen LogP contribution is 2.39. The maximum atomic E-state index is 12.1. The van der Waals surface area contributed by atoms with Gasteiger partial charge in [0.05, 0.1) is 11.1 Å². The standard InChI is InChI=1S/C19H16Cl2N2O2/c1-2-16(24)23-17(11-6-3-4-8-14(11)20)13-10-15(21)12-7-5-9-22-18(12)19(13)25/h3-10,17,25H,2H2,1H3,(H,23,24)/t17-/m1/s1. The maximum absolute atomic E-state index is 12.1. The molecule has 0 saturated carbocycles. The molecule has 2 aromatic carbocycles. The summed E-state index contributed by atoms with van der Waals surface area (Å²) in [7, 11) is 0. The van der Waals surface area contributed by atoms with Crippen LogP contribution in [0.1, 0.15) is 30.5 Å². The lowest BCUT2D eigenvalue weighted by molar-refractivity contribution is -0.121. The summed E-state index contributed by atoms with van der Waals surface area (Å²) >= 11 is 12.7. The van der Waals surface area contributed by atoms with Crippen LogP contribution in [0.5, 0.6) is 5.75 Å². The Labute approximate surface area is 155 Å². The molecule has 128 valence electrons. The van der Waals surface area contributed by atoms with E-state index >= 15 is 0 Å². The molecule has 0 fully saturated rings. The van der Waals surface area contributed by atoms with Gasteiger partial charge < -0.3 is 10.4 Å². The summed E-state index contributed by atoms with van der Waals surface area (Å²) in [4.78, 5) is 16.3. The maximum Gasteiger partial charge on any atom is 0.220 e. The zero-order valence-electron chi connectivity index (χ0n) is 13.5. The summed E-state index contributed by atoms with van der Waals surface area (Å²) in [6.07, 6.45) is 1.89. The highest BCUT2D eigenvalue weighted by Gasteiger charge is 2.24. The molecule has 0 aliphatic heterocycles. The van der Waals surface area contributed by atoms with Crippen molar-refractivity contribution < 1.29 is 9.90 Å². The van der Waals surface area contributed by atoms with Crippen LogP contribution in [0.15, 0.2) is 48.7 Å². The van der Waals surface area contributed by atoms with Crippen LogP contribution in [0.3, 0.4) is 0 Å². The number of carbonyl (C=O) groups is 1. The van der Waals surface area contributed by atoms with Gasteiger partial charge in [-0.15, -0.1) is 0 Å². The van der Waals surface area contributed by atoms with Crippen LogP contribution in [0.2, 0.25) is 10.0 Å². The average molecular weight is 375 g/mol. The van der Waals surface area contributed by atoms with E-state index in [9.17, 15) is 9.90 Å². The number of aromatic hydroxyl groups is 1. The highest BCUT2D eigenvalue weighted by molar-refractivity contribution is 6.35. The molecule has 0 unspecified atom stereocenters. The Kier molecular flexibility index (Phi) is 5.11. The number of aromatic nitrogens is 1. The van der Waals surface area contributed by atoms with Gasteiger partial charge in [-0.1, -0.05) is 48.3 Å². The lowest BCUT2D eigenvalue weighted by atomic mass is 9.96. The van der Waals surface area contributed by atoms with Gasteiger partial charge in [0.25, 0.3) is 0 Å².